The highest BCUT2D eigenvalue weighted by atomic mass is 19.4. The number of aromatic nitrogens is 1. The first kappa shape index (κ1) is 14.0. The maximum Gasteiger partial charge on any atom is 0.433 e. The normalized spacial score (nSPS) is 23.6. The fraction of sp³-hybridized carbons (Fsp3) is 0.545. The lowest BCUT2D eigenvalue weighted by Crippen LogP contribution is -2.36. The number of pyridine rings is 1. The Labute approximate surface area is 106 Å². The van der Waals surface area contributed by atoms with Gasteiger partial charge in [0.1, 0.15) is 11.4 Å². The molecule has 0 radical (unpaired) electrons. The Morgan fingerprint density at radius 1 is 1.42 bits per heavy atom. The minimum atomic E-state index is -4.63. The van der Waals surface area contributed by atoms with Gasteiger partial charge in [0.2, 0.25) is 0 Å². The number of likely N-dealkylation sites (tertiary alicyclic amines) is 1. The highest BCUT2D eigenvalue weighted by molar-refractivity contribution is 5.25. The van der Waals surface area contributed by atoms with Crippen LogP contribution in [0.2, 0.25) is 0 Å². The Kier molecular flexibility index (Phi) is 3.38. The molecular weight excluding hydrogens is 271 g/mol. The predicted molar refractivity (Wildman–Crippen MR) is 56.1 cm³/mol. The third-order valence-electron chi connectivity index (χ3n) is 2.73. The summed E-state index contributed by atoms with van der Waals surface area (Å²) >= 11 is 0. The maximum atomic E-state index is 13.5. The summed E-state index contributed by atoms with van der Waals surface area (Å²) in [6.07, 6.45) is -5.20. The third-order valence-corrected chi connectivity index (χ3v) is 2.73. The minimum Gasteiger partial charge on any atom is -0.483 e. The molecule has 1 aromatic rings. The van der Waals surface area contributed by atoms with E-state index in [0.717, 1.165) is 12.3 Å². The van der Waals surface area contributed by atoms with Crippen LogP contribution in [0.15, 0.2) is 18.3 Å². The molecule has 8 heteroatoms. The lowest BCUT2D eigenvalue weighted by Gasteiger charge is -2.19. The number of hydrogen-bond donors (Lipinski definition) is 0. The van der Waals surface area contributed by atoms with E-state index in [1.165, 1.54) is 11.9 Å². The number of hydrogen-bond acceptors (Lipinski definition) is 3. The van der Waals surface area contributed by atoms with Crippen molar-refractivity contribution in [1.82, 2.24) is 9.88 Å². The molecule has 1 saturated heterocycles. The number of nitrogens with zero attached hydrogens (tertiary/aromatic N) is 2. The molecule has 0 spiro atoms. The van der Waals surface area contributed by atoms with Gasteiger partial charge < -0.3 is 4.74 Å². The van der Waals surface area contributed by atoms with Crippen LogP contribution in [-0.4, -0.2) is 42.0 Å². The molecule has 1 aliphatic rings. The zero-order valence-corrected chi connectivity index (χ0v) is 9.92. The van der Waals surface area contributed by atoms with E-state index in [4.69, 9.17) is 4.74 Å². The van der Waals surface area contributed by atoms with Crippen LogP contribution in [0.1, 0.15) is 5.69 Å². The molecule has 106 valence electrons. The summed E-state index contributed by atoms with van der Waals surface area (Å²) < 4.78 is 69.2. The SMILES string of the molecule is CN1CC(Oc2ccnc(C(F)(F)F)c2)C(F)(F)C1. The van der Waals surface area contributed by atoms with Gasteiger partial charge in [-0.2, -0.15) is 13.2 Å². The molecule has 19 heavy (non-hydrogen) atoms. The van der Waals surface area contributed by atoms with Gasteiger partial charge >= 0.3 is 6.18 Å². The molecule has 3 nitrogen and oxygen atoms in total. The van der Waals surface area contributed by atoms with Crippen LogP contribution in [0.5, 0.6) is 5.75 Å². The molecule has 0 bridgehead atoms. The van der Waals surface area contributed by atoms with Gasteiger partial charge in [0.05, 0.1) is 6.54 Å². The van der Waals surface area contributed by atoms with Crippen LogP contribution in [0.25, 0.3) is 0 Å². The van der Waals surface area contributed by atoms with E-state index < -0.39 is 30.4 Å². The van der Waals surface area contributed by atoms with Gasteiger partial charge in [0, 0.05) is 18.8 Å². The molecule has 1 aromatic heterocycles. The van der Waals surface area contributed by atoms with Crippen molar-refractivity contribution in [3.05, 3.63) is 24.0 Å². The fourth-order valence-electron chi connectivity index (χ4n) is 1.87. The van der Waals surface area contributed by atoms with Crippen LogP contribution in [0.4, 0.5) is 22.0 Å². The van der Waals surface area contributed by atoms with E-state index >= 15 is 0 Å². The third kappa shape index (κ3) is 3.12. The highest BCUT2D eigenvalue weighted by Gasteiger charge is 2.48. The molecule has 0 saturated carbocycles. The summed E-state index contributed by atoms with van der Waals surface area (Å²) in [5, 5.41) is 0. The predicted octanol–water partition coefficient (Wildman–Crippen LogP) is 2.43. The molecule has 0 amide bonds. The number of ether oxygens (including phenoxy) is 1. The molecule has 1 atom stereocenters. The van der Waals surface area contributed by atoms with Gasteiger partial charge in [0.25, 0.3) is 5.92 Å². The van der Waals surface area contributed by atoms with Gasteiger partial charge in [-0.1, -0.05) is 0 Å². The van der Waals surface area contributed by atoms with E-state index in [1.54, 1.807) is 0 Å². The zero-order valence-electron chi connectivity index (χ0n) is 9.92. The van der Waals surface area contributed by atoms with Crippen molar-refractivity contribution in [3.63, 3.8) is 0 Å². The van der Waals surface area contributed by atoms with Gasteiger partial charge in [-0.25, -0.2) is 8.78 Å². The molecule has 2 rings (SSSR count). The second kappa shape index (κ2) is 4.59. The van der Waals surface area contributed by atoms with Crippen molar-refractivity contribution >= 4 is 0 Å². The molecule has 0 N–H and O–H groups in total. The quantitative estimate of drug-likeness (QED) is 0.779. The molecular formula is C11H11F5N2O. The lowest BCUT2D eigenvalue weighted by molar-refractivity contribution is -0.141. The minimum absolute atomic E-state index is 0.0450. The largest absolute Gasteiger partial charge is 0.483 e. The van der Waals surface area contributed by atoms with Crippen LogP contribution in [-0.2, 0) is 6.18 Å². The van der Waals surface area contributed by atoms with Gasteiger partial charge in [0.15, 0.2) is 6.10 Å². The first-order chi connectivity index (χ1) is 8.68. The van der Waals surface area contributed by atoms with Crippen LogP contribution in [0.3, 0.4) is 0 Å². The lowest BCUT2D eigenvalue weighted by atomic mass is 10.2. The Hall–Kier alpha value is -1.44. The first-order valence-electron chi connectivity index (χ1n) is 5.45. The van der Waals surface area contributed by atoms with E-state index in [2.05, 4.69) is 4.98 Å². The molecule has 1 fully saturated rings. The van der Waals surface area contributed by atoms with Crippen LogP contribution < -0.4 is 4.74 Å². The summed E-state index contributed by atoms with van der Waals surface area (Å²) in [4.78, 5) is 4.49. The van der Waals surface area contributed by atoms with Crippen molar-refractivity contribution in [2.75, 3.05) is 20.1 Å². The second-order valence-corrected chi connectivity index (χ2v) is 4.44. The summed E-state index contributed by atoms with van der Waals surface area (Å²) in [6.45, 7) is -0.522. The molecule has 0 aromatic carbocycles. The van der Waals surface area contributed by atoms with Crippen LogP contribution in [0, 0.1) is 0 Å². The van der Waals surface area contributed by atoms with E-state index in [9.17, 15) is 22.0 Å². The number of alkyl halides is 5. The van der Waals surface area contributed by atoms with Crippen molar-refractivity contribution in [2.45, 2.75) is 18.2 Å². The number of rotatable bonds is 2. The molecule has 1 unspecified atom stereocenters. The van der Waals surface area contributed by atoms with Crippen molar-refractivity contribution in [1.29, 1.82) is 0 Å². The first-order valence-corrected chi connectivity index (χ1v) is 5.45. The van der Waals surface area contributed by atoms with Gasteiger partial charge in [-0.05, 0) is 13.1 Å². The maximum absolute atomic E-state index is 13.5. The molecule has 0 aliphatic carbocycles. The number of likely N-dealkylation sites (N-methyl/N-ethyl adjacent to an activating group) is 1. The Morgan fingerprint density at radius 2 is 2.11 bits per heavy atom. The zero-order chi connectivity index (χ0) is 14.3. The summed E-state index contributed by atoms with van der Waals surface area (Å²) in [5.41, 5.74) is -1.17. The van der Waals surface area contributed by atoms with E-state index in [1.807, 2.05) is 0 Å². The summed E-state index contributed by atoms with van der Waals surface area (Å²) in [5.74, 6) is -3.35. The number of halogens is 5. The molecule has 2 heterocycles. The average Bonchev–Trinajstić information content (AvgIpc) is 2.51. The topological polar surface area (TPSA) is 25.4 Å². The highest BCUT2D eigenvalue weighted by Crippen LogP contribution is 2.33. The second-order valence-electron chi connectivity index (χ2n) is 4.44. The average molecular weight is 282 g/mol. The van der Waals surface area contributed by atoms with Crippen molar-refractivity contribution in [3.8, 4) is 5.75 Å². The molecule has 1 aliphatic heterocycles. The summed E-state index contributed by atoms with van der Waals surface area (Å²) in [7, 11) is 1.49. The monoisotopic (exact) mass is 282 g/mol. The van der Waals surface area contributed by atoms with E-state index in [0.29, 0.717) is 6.07 Å². The van der Waals surface area contributed by atoms with Crippen molar-refractivity contribution < 1.29 is 26.7 Å². The Bertz CT molecular complexity index is 463. The van der Waals surface area contributed by atoms with Crippen molar-refractivity contribution in [2.24, 2.45) is 0 Å². The van der Waals surface area contributed by atoms with Gasteiger partial charge in [-0.15, -0.1) is 0 Å². The summed E-state index contributed by atoms with van der Waals surface area (Å²) in [6, 6.07) is 1.75. The van der Waals surface area contributed by atoms with E-state index in [-0.39, 0.29) is 12.3 Å². The van der Waals surface area contributed by atoms with Crippen LogP contribution >= 0.6 is 0 Å². The smallest absolute Gasteiger partial charge is 0.433 e. The Morgan fingerprint density at radius 3 is 2.63 bits per heavy atom. The fourth-order valence-corrected chi connectivity index (χ4v) is 1.87. The standard InChI is InChI=1S/C11H11F5N2O/c1-18-5-9(10(12,13)6-18)19-7-2-3-17-8(4-7)11(14,15)16/h2-4,9H,5-6H2,1H3. The van der Waals surface area contributed by atoms with Gasteiger partial charge in [-0.3, -0.25) is 9.88 Å². The Balaban J connectivity index is 2.16.